The minimum atomic E-state index is -4.15. The van der Waals surface area contributed by atoms with E-state index in [1.165, 1.54) is 0 Å². The Hall–Kier alpha value is -1.21. The summed E-state index contributed by atoms with van der Waals surface area (Å²) in [6, 6.07) is 3.51. The first-order valence-electron chi connectivity index (χ1n) is 5.82. The summed E-state index contributed by atoms with van der Waals surface area (Å²) in [4.78, 5) is 1.77. The summed E-state index contributed by atoms with van der Waals surface area (Å²) in [6.45, 7) is 1.55. The summed E-state index contributed by atoms with van der Waals surface area (Å²) >= 11 is 0. The molecule has 1 aliphatic rings. The Labute approximate surface area is 103 Å². The van der Waals surface area contributed by atoms with Crippen molar-refractivity contribution in [3.8, 4) is 0 Å². The number of nitrogens with one attached hydrogen (secondary N) is 1. The van der Waals surface area contributed by atoms with E-state index >= 15 is 0 Å². The van der Waals surface area contributed by atoms with Crippen molar-refractivity contribution in [1.82, 2.24) is 20.4 Å². The number of hydrogen-bond donors (Lipinski definition) is 1. The number of hydrogen-bond acceptors (Lipinski definition) is 4. The van der Waals surface area contributed by atoms with E-state index in [1.54, 1.807) is 23.2 Å². The number of halogens is 3. The van der Waals surface area contributed by atoms with Crippen LogP contribution in [0.4, 0.5) is 13.2 Å². The summed E-state index contributed by atoms with van der Waals surface area (Å²) in [5.74, 6) is -1.32. The van der Waals surface area contributed by atoms with Gasteiger partial charge >= 0.3 is 6.18 Å². The van der Waals surface area contributed by atoms with Gasteiger partial charge < -0.3 is 5.32 Å². The van der Waals surface area contributed by atoms with Crippen LogP contribution in [0.5, 0.6) is 0 Å². The van der Waals surface area contributed by atoms with E-state index in [0.717, 1.165) is 0 Å². The molecule has 18 heavy (non-hydrogen) atoms. The highest BCUT2D eigenvalue weighted by molar-refractivity contribution is 4.99. The van der Waals surface area contributed by atoms with Gasteiger partial charge in [0.2, 0.25) is 0 Å². The number of aromatic nitrogens is 2. The van der Waals surface area contributed by atoms with Crippen LogP contribution in [0.2, 0.25) is 0 Å². The number of rotatable bonds is 2. The molecule has 7 heteroatoms. The van der Waals surface area contributed by atoms with Crippen LogP contribution in [0, 0.1) is 5.92 Å². The molecule has 0 radical (unpaired) electrons. The van der Waals surface area contributed by atoms with Crippen LogP contribution in [0.25, 0.3) is 0 Å². The van der Waals surface area contributed by atoms with Crippen LogP contribution in [0.1, 0.15) is 5.69 Å². The zero-order valence-electron chi connectivity index (χ0n) is 9.82. The Morgan fingerprint density at radius 3 is 2.94 bits per heavy atom. The van der Waals surface area contributed by atoms with Crippen molar-refractivity contribution in [3.63, 3.8) is 0 Å². The minimum Gasteiger partial charge on any atom is -0.315 e. The highest BCUT2D eigenvalue weighted by Gasteiger charge is 2.40. The van der Waals surface area contributed by atoms with Gasteiger partial charge in [-0.05, 0) is 12.1 Å². The van der Waals surface area contributed by atoms with Crippen LogP contribution in [-0.2, 0) is 6.54 Å². The van der Waals surface area contributed by atoms with E-state index in [4.69, 9.17) is 0 Å². The van der Waals surface area contributed by atoms with Gasteiger partial charge in [0.25, 0.3) is 0 Å². The van der Waals surface area contributed by atoms with E-state index in [-0.39, 0.29) is 13.1 Å². The second-order valence-electron chi connectivity index (χ2n) is 4.39. The molecule has 100 valence electrons. The largest absolute Gasteiger partial charge is 0.394 e. The van der Waals surface area contributed by atoms with Crippen molar-refractivity contribution in [2.75, 3.05) is 26.2 Å². The first-order valence-corrected chi connectivity index (χ1v) is 5.82. The number of nitrogens with zero attached hydrogens (tertiary/aromatic N) is 3. The second kappa shape index (κ2) is 5.62. The molecule has 1 saturated heterocycles. The third-order valence-corrected chi connectivity index (χ3v) is 2.95. The average molecular weight is 260 g/mol. The molecule has 1 fully saturated rings. The van der Waals surface area contributed by atoms with Crippen molar-refractivity contribution in [1.29, 1.82) is 0 Å². The molecule has 2 rings (SSSR count). The molecule has 1 N–H and O–H groups in total. The Bertz CT molecular complexity index is 368. The maximum atomic E-state index is 12.7. The SMILES string of the molecule is FC(F)(F)C1CNCCN(Cc2cccnn2)C1. The third kappa shape index (κ3) is 3.64. The lowest BCUT2D eigenvalue weighted by molar-refractivity contribution is -0.176. The topological polar surface area (TPSA) is 41.0 Å². The lowest BCUT2D eigenvalue weighted by Gasteiger charge is -2.24. The molecule has 0 spiro atoms. The van der Waals surface area contributed by atoms with Gasteiger partial charge in [-0.3, -0.25) is 4.90 Å². The Balaban J connectivity index is 1.99. The quantitative estimate of drug-likeness (QED) is 0.863. The predicted molar refractivity (Wildman–Crippen MR) is 59.7 cm³/mol. The van der Waals surface area contributed by atoms with Crippen LogP contribution in [0.3, 0.4) is 0 Å². The molecule has 1 aromatic rings. The van der Waals surface area contributed by atoms with Crippen molar-refractivity contribution in [2.24, 2.45) is 5.92 Å². The van der Waals surface area contributed by atoms with E-state index in [9.17, 15) is 13.2 Å². The first kappa shape index (κ1) is 13.2. The van der Waals surface area contributed by atoms with Crippen LogP contribution < -0.4 is 5.32 Å². The van der Waals surface area contributed by atoms with E-state index in [1.807, 2.05) is 0 Å². The van der Waals surface area contributed by atoms with E-state index in [2.05, 4.69) is 15.5 Å². The lowest BCUT2D eigenvalue weighted by Crippen LogP contribution is -2.38. The summed E-state index contributed by atoms with van der Waals surface area (Å²) in [5, 5.41) is 10.4. The summed E-state index contributed by atoms with van der Waals surface area (Å²) in [7, 11) is 0. The second-order valence-corrected chi connectivity index (χ2v) is 4.39. The van der Waals surface area contributed by atoms with Gasteiger partial charge in [-0.15, -0.1) is 0 Å². The summed E-state index contributed by atoms with van der Waals surface area (Å²) in [6.07, 6.45) is -2.61. The standard InChI is InChI=1S/C11H15F3N4/c12-11(13,14)9-6-15-4-5-18(7-9)8-10-2-1-3-16-17-10/h1-3,9,15H,4-8H2. The Kier molecular flexibility index (Phi) is 4.13. The zero-order valence-corrected chi connectivity index (χ0v) is 9.82. The molecule has 0 amide bonds. The van der Waals surface area contributed by atoms with E-state index in [0.29, 0.717) is 25.3 Å². The normalized spacial score (nSPS) is 22.7. The van der Waals surface area contributed by atoms with Crippen molar-refractivity contribution in [3.05, 3.63) is 24.0 Å². The van der Waals surface area contributed by atoms with Gasteiger partial charge in [0.05, 0.1) is 11.6 Å². The molecule has 2 heterocycles. The smallest absolute Gasteiger partial charge is 0.315 e. The summed E-state index contributed by atoms with van der Waals surface area (Å²) in [5.41, 5.74) is 0.695. The van der Waals surface area contributed by atoms with Gasteiger partial charge in [-0.25, -0.2) is 0 Å². The van der Waals surface area contributed by atoms with Crippen LogP contribution in [0.15, 0.2) is 18.3 Å². The first-order chi connectivity index (χ1) is 8.55. The summed E-state index contributed by atoms with van der Waals surface area (Å²) < 4.78 is 38.2. The van der Waals surface area contributed by atoms with Gasteiger partial charge in [0, 0.05) is 38.9 Å². The molecular formula is C11H15F3N4. The maximum Gasteiger partial charge on any atom is 0.394 e. The fourth-order valence-electron chi connectivity index (χ4n) is 1.99. The van der Waals surface area contributed by atoms with Gasteiger partial charge in [0.15, 0.2) is 0 Å². The molecule has 1 aliphatic heterocycles. The average Bonchev–Trinajstić information content (AvgIpc) is 2.55. The molecule has 0 aromatic carbocycles. The molecule has 4 nitrogen and oxygen atoms in total. The number of alkyl halides is 3. The molecule has 1 unspecified atom stereocenters. The Morgan fingerprint density at radius 1 is 1.44 bits per heavy atom. The molecule has 1 atom stereocenters. The lowest BCUT2D eigenvalue weighted by atomic mass is 10.1. The van der Waals surface area contributed by atoms with Crippen molar-refractivity contribution < 1.29 is 13.2 Å². The molecule has 0 saturated carbocycles. The van der Waals surface area contributed by atoms with Crippen molar-refractivity contribution in [2.45, 2.75) is 12.7 Å². The third-order valence-electron chi connectivity index (χ3n) is 2.95. The minimum absolute atomic E-state index is 0.00702. The van der Waals surface area contributed by atoms with Gasteiger partial charge in [-0.2, -0.15) is 23.4 Å². The highest BCUT2D eigenvalue weighted by Crippen LogP contribution is 2.27. The fourth-order valence-corrected chi connectivity index (χ4v) is 1.99. The van der Waals surface area contributed by atoms with E-state index < -0.39 is 12.1 Å². The van der Waals surface area contributed by atoms with Crippen molar-refractivity contribution >= 4 is 0 Å². The zero-order chi connectivity index (χ0) is 13.0. The fraction of sp³-hybridized carbons (Fsp3) is 0.636. The Morgan fingerprint density at radius 2 is 2.28 bits per heavy atom. The monoisotopic (exact) mass is 260 g/mol. The highest BCUT2D eigenvalue weighted by atomic mass is 19.4. The molecule has 0 aliphatic carbocycles. The van der Waals surface area contributed by atoms with Crippen LogP contribution in [-0.4, -0.2) is 47.5 Å². The molecule has 0 bridgehead atoms. The van der Waals surface area contributed by atoms with Gasteiger partial charge in [0.1, 0.15) is 0 Å². The molecule has 1 aromatic heterocycles. The van der Waals surface area contributed by atoms with Gasteiger partial charge in [-0.1, -0.05) is 0 Å². The van der Waals surface area contributed by atoms with Crippen LogP contribution >= 0.6 is 0 Å². The maximum absolute atomic E-state index is 12.7. The molecular weight excluding hydrogens is 245 g/mol. The predicted octanol–water partition coefficient (Wildman–Crippen LogP) is 1.06.